The van der Waals surface area contributed by atoms with Gasteiger partial charge in [-0.3, -0.25) is 14.6 Å². The topological polar surface area (TPSA) is 86.8 Å². The molecule has 9 heteroatoms. The molecule has 0 saturated carbocycles. The number of hydrogen-bond acceptors (Lipinski definition) is 7. The van der Waals surface area contributed by atoms with Crippen LogP contribution in [-0.2, 0) is 16.0 Å². The highest BCUT2D eigenvalue weighted by Gasteiger charge is 2.30. The van der Waals surface area contributed by atoms with Crippen molar-refractivity contribution < 1.29 is 33.3 Å². The number of nitrogens with zero attached hydrogens (tertiary/aromatic N) is 2. The fraction of sp³-hybridized carbons (Fsp3) is 0.360. The lowest BCUT2D eigenvalue weighted by Crippen LogP contribution is -2.44. The average molecular weight is 471 g/mol. The summed E-state index contributed by atoms with van der Waals surface area (Å²) < 4.78 is 26.7. The summed E-state index contributed by atoms with van der Waals surface area (Å²) in [6.45, 7) is 0.921. The van der Waals surface area contributed by atoms with Gasteiger partial charge in [-0.1, -0.05) is 0 Å². The van der Waals surface area contributed by atoms with Crippen molar-refractivity contribution in [3.05, 3.63) is 47.5 Å². The van der Waals surface area contributed by atoms with Crippen LogP contribution in [0.25, 0.3) is 6.08 Å². The first kappa shape index (κ1) is 24.8. The maximum atomic E-state index is 13.1. The van der Waals surface area contributed by atoms with Crippen LogP contribution in [0.3, 0.4) is 0 Å². The van der Waals surface area contributed by atoms with Crippen molar-refractivity contribution in [2.75, 3.05) is 48.6 Å². The average Bonchev–Trinajstić information content (AvgIpc) is 3.36. The number of amides is 2. The maximum Gasteiger partial charge on any atom is 0.265 e. The lowest BCUT2D eigenvalue weighted by molar-refractivity contribution is -0.154. The van der Waals surface area contributed by atoms with E-state index in [1.54, 1.807) is 50.6 Å². The van der Waals surface area contributed by atoms with Gasteiger partial charge in [0.15, 0.2) is 11.5 Å². The third kappa shape index (κ3) is 5.36. The molecule has 1 fully saturated rings. The molecule has 1 aliphatic rings. The first-order valence-corrected chi connectivity index (χ1v) is 10.8. The van der Waals surface area contributed by atoms with Gasteiger partial charge in [-0.05, 0) is 48.4 Å². The SMILES string of the molecule is COc1ccc(OC)c(C=CC(=O)N2CCCN2C(=O)Cc2cc(OC)c(OC)c(OC)c2)c1. The Morgan fingerprint density at radius 2 is 1.47 bits per heavy atom. The zero-order chi connectivity index (χ0) is 24.7. The highest BCUT2D eigenvalue weighted by Crippen LogP contribution is 2.38. The van der Waals surface area contributed by atoms with E-state index in [1.165, 1.54) is 37.4 Å². The summed E-state index contributed by atoms with van der Waals surface area (Å²) in [5, 5.41) is 2.95. The molecular weight excluding hydrogens is 440 g/mol. The van der Waals surface area contributed by atoms with Crippen molar-refractivity contribution >= 4 is 17.9 Å². The number of rotatable bonds is 9. The van der Waals surface area contributed by atoms with Crippen molar-refractivity contribution in [2.45, 2.75) is 12.8 Å². The van der Waals surface area contributed by atoms with Gasteiger partial charge in [0, 0.05) is 24.7 Å². The lowest BCUT2D eigenvalue weighted by atomic mass is 10.1. The Bertz CT molecular complexity index is 1040. The van der Waals surface area contributed by atoms with Crippen molar-refractivity contribution in [1.29, 1.82) is 0 Å². The molecule has 1 heterocycles. The maximum absolute atomic E-state index is 13.1. The summed E-state index contributed by atoms with van der Waals surface area (Å²) >= 11 is 0. The Hall–Kier alpha value is -3.88. The number of hydrogen-bond donors (Lipinski definition) is 0. The van der Waals surface area contributed by atoms with Gasteiger partial charge in [-0.15, -0.1) is 0 Å². The molecule has 0 aliphatic carbocycles. The molecule has 0 bridgehead atoms. The largest absolute Gasteiger partial charge is 0.497 e. The van der Waals surface area contributed by atoms with Crippen LogP contribution in [0.4, 0.5) is 0 Å². The molecule has 0 aromatic heterocycles. The predicted molar refractivity (Wildman–Crippen MR) is 126 cm³/mol. The van der Waals surface area contributed by atoms with Gasteiger partial charge >= 0.3 is 0 Å². The van der Waals surface area contributed by atoms with Crippen molar-refractivity contribution in [1.82, 2.24) is 10.0 Å². The minimum absolute atomic E-state index is 0.0773. The second kappa shape index (κ2) is 11.3. The van der Waals surface area contributed by atoms with Crippen LogP contribution in [0.5, 0.6) is 28.7 Å². The monoisotopic (exact) mass is 470 g/mol. The van der Waals surface area contributed by atoms with Gasteiger partial charge in [-0.2, -0.15) is 0 Å². The Morgan fingerprint density at radius 3 is 2.06 bits per heavy atom. The summed E-state index contributed by atoms with van der Waals surface area (Å²) in [5.41, 5.74) is 1.39. The van der Waals surface area contributed by atoms with Gasteiger partial charge in [0.25, 0.3) is 5.91 Å². The van der Waals surface area contributed by atoms with Crippen LogP contribution in [-0.4, -0.2) is 70.5 Å². The van der Waals surface area contributed by atoms with Crippen LogP contribution < -0.4 is 23.7 Å². The first-order valence-electron chi connectivity index (χ1n) is 10.8. The second-order valence-corrected chi connectivity index (χ2v) is 7.48. The minimum atomic E-state index is -0.291. The number of methoxy groups -OCH3 is 5. The van der Waals surface area contributed by atoms with Crippen molar-refractivity contribution in [3.8, 4) is 28.7 Å². The Kier molecular flexibility index (Phi) is 8.24. The first-order chi connectivity index (χ1) is 16.4. The molecule has 2 amide bonds. The van der Waals surface area contributed by atoms with Crippen molar-refractivity contribution in [2.24, 2.45) is 0 Å². The molecule has 0 spiro atoms. The van der Waals surface area contributed by atoms with Crippen molar-refractivity contribution in [3.63, 3.8) is 0 Å². The Morgan fingerprint density at radius 1 is 0.824 bits per heavy atom. The number of benzene rings is 2. The van der Waals surface area contributed by atoms with Gasteiger partial charge in [0.05, 0.1) is 42.0 Å². The molecule has 2 aromatic rings. The molecule has 3 rings (SSSR count). The number of carbonyl (C=O) groups excluding carboxylic acids is 2. The number of ether oxygens (including phenoxy) is 5. The second-order valence-electron chi connectivity index (χ2n) is 7.48. The van der Waals surface area contributed by atoms with Gasteiger partial charge in [0.1, 0.15) is 11.5 Å². The van der Waals surface area contributed by atoms with Crippen LogP contribution in [0, 0.1) is 0 Å². The standard InChI is InChI=1S/C25H30N2O7/c1-30-19-8-9-20(31-2)18(16-19)7-10-23(28)26-11-6-12-27(26)24(29)15-17-13-21(32-3)25(34-5)22(14-17)33-4/h7-10,13-14,16H,6,11-12,15H2,1-5H3. The van der Waals surface area contributed by atoms with Crippen LogP contribution >= 0.6 is 0 Å². The van der Waals surface area contributed by atoms with E-state index in [2.05, 4.69) is 0 Å². The van der Waals surface area contributed by atoms with Crippen LogP contribution in [0.1, 0.15) is 17.5 Å². The molecule has 0 atom stereocenters. The number of hydrazine groups is 1. The Balaban J connectivity index is 1.76. The Labute approximate surface area is 199 Å². The zero-order valence-electron chi connectivity index (χ0n) is 20.1. The molecule has 0 unspecified atom stereocenters. The van der Waals surface area contributed by atoms with Crippen LogP contribution in [0.2, 0.25) is 0 Å². The fourth-order valence-electron chi connectivity index (χ4n) is 3.82. The fourth-order valence-corrected chi connectivity index (χ4v) is 3.82. The molecule has 0 radical (unpaired) electrons. The molecule has 1 aliphatic heterocycles. The van der Waals surface area contributed by atoms with E-state index >= 15 is 0 Å². The van der Waals surface area contributed by atoms with E-state index < -0.39 is 0 Å². The predicted octanol–water partition coefficient (Wildman–Crippen LogP) is 2.96. The normalized spacial score (nSPS) is 13.2. The van der Waals surface area contributed by atoms with Gasteiger partial charge < -0.3 is 23.7 Å². The molecular formula is C25H30N2O7. The smallest absolute Gasteiger partial charge is 0.265 e. The minimum Gasteiger partial charge on any atom is -0.497 e. The summed E-state index contributed by atoms with van der Waals surface area (Å²) in [4.78, 5) is 26.0. The van der Waals surface area contributed by atoms with E-state index in [1.807, 2.05) is 0 Å². The third-order valence-electron chi connectivity index (χ3n) is 5.50. The third-order valence-corrected chi connectivity index (χ3v) is 5.50. The molecule has 1 saturated heterocycles. The molecule has 9 nitrogen and oxygen atoms in total. The molecule has 182 valence electrons. The molecule has 34 heavy (non-hydrogen) atoms. The van der Waals surface area contributed by atoms with Gasteiger partial charge in [0.2, 0.25) is 11.7 Å². The lowest BCUT2D eigenvalue weighted by Gasteiger charge is -2.27. The highest BCUT2D eigenvalue weighted by atomic mass is 16.5. The van der Waals surface area contributed by atoms with E-state index in [-0.39, 0.29) is 18.2 Å². The van der Waals surface area contributed by atoms with Crippen LogP contribution in [0.15, 0.2) is 36.4 Å². The summed E-state index contributed by atoms with van der Waals surface area (Å²) in [7, 11) is 7.70. The zero-order valence-corrected chi connectivity index (χ0v) is 20.1. The summed E-state index contributed by atoms with van der Waals surface area (Å²) in [6, 6.07) is 8.79. The number of carbonyl (C=O) groups is 2. The van der Waals surface area contributed by atoms with E-state index in [9.17, 15) is 9.59 Å². The van der Waals surface area contributed by atoms with E-state index in [4.69, 9.17) is 23.7 Å². The summed E-state index contributed by atoms with van der Waals surface area (Å²) in [5.74, 6) is 2.16. The van der Waals surface area contributed by atoms with Gasteiger partial charge in [-0.25, -0.2) is 5.01 Å². The van der Waals surface area contributed by atoms with E-state index in [0.717, 1.165) is 0 Å². The van der Waals surface area contributed by atoms with E-state index in [0.29, 0.717) is 59.4 Å². The molecule has 2 aromatic carbocycles. The highest BCUT2D eigenvalue weighted by molar-refractivity contribution is 5.94. The quantitative estimate of drug-likeness (QED) is 0.521. The molecule has 0 N–H and O–H groups in total. The summed E-state index contributed by atoms with van der Waals surface area (Å²) in [6.07, 6.45) is 3.86.